The van der Waals surface area contributed by atoms with E-state index in [0.717, 1.165) is 11.1 Å². The second-order valence-corrected chi connectivity index (χ2v) is 6.18. The largest absolute Gasteiger partial charge is 0.320 e. The van der Waals surface area contributed by atoms with E-state index in [2.05, 4.69) is 11.8 Å². The van der Waals surface area contributed by atoms with Crippen LogP contribution in [0.15, 0.2) is 24.3 Å². The molecule has 5 heteroatoms. The maximum atomic E-state index is 11.7. The van der Waals surface area contributed by atoms with Gasteiger partial charge in [-0.25, -0.2) is 12.7 Å². The van der Waals surface area contributed by atoms with Crippen molar-refractivity contribution < 1.29 is 8.42 Å². The van der Waals surface area contributed by atoms with Crippen LogP contribution >= 0.6 is 0 Å². The lowest BCUT2D eigenvalue weighted by Gasteiger charge is -2.16. The summed E-state index contributed by atoms with van der Waals surface area (Å²) in [4.78, 5) is 0. The van der Waals surface area contributed by atoms with Crippen LogP contribution in [0.4, 0.5) is 0 Å². The van der Waals surface area contributed by atoms with Gasteiger partial charge in [-0.05, 0) is 18.6 Å². The molecule has 0 fully saturated rings. The van der Waals surface area contributed by atoms with Gasteiger partial charge in [-0.15, -0.1) is 0 Å². The van der Waals surface area contributed by atoms with Crippen LogP contribution in [0.5, 0.6) is 0 Å². The summed E-state index contributed by atoms with van der Waals surface area (Å²) in [6.45, 7) is 2.25. The smallest absolute Gasteiger partial charge is 0.213 e. The van der Waals surface area contributed by atoms with Gasteiger partial charge in [0.2, 0.25) is 10.0 Å². The van der Waals surface area contributed by atoms with E-state index in [0.29, 0.717) is 6.54 Å². The van der Waals surface area contributed by atoms with Crippen LogP contribution in [0.3, 0.4) is 0 Å². The molecule has 0 unspecified atom stereocenters. The number of sulfonamides is 1. The van der Waals surface area contributed by atoms with Crippen molar-refractivity contribution in [3.63, 3.8) is 0 Å². The molecule has 0 heterocycles. The molecule has 0 saturated heterocycles. The number of nitrogens with zero attached hydrogens (tertiary/aromatic N) is 1. The van der Waals surface area contributed by atoms with Crippen molar-refractivity contribution in [1.82, 2.24) is 4.31 Å². The number of rotatable bonds is 4. The average Bonchev–Trinajstić information content (AvgIpc) is 2.37. The molecule has 0 bridgehead atoms. The van der Waals surface area contributed by atoms with Gasteiger partial charge in [-0.3, -0.25) is 0 Å². The van der Waals surface area contributed by atoms with E-state index in [4.69, 9.17) is 5.73 Å². The van der Waals surface area contributed by atoms with Gasteiger partial charge in [0.1, 0.15) is 0 Å². The molecule has 18 heavy (non-hydrogen) atoms. The molecule has 2 N–H and O–H groups in total. The standard InChI is InChI=1S/C13H18N2O2S/c1-3-18(16,17)15(2)11-13-8-5-4-7-12(13)9-6-10-14/h4-5,7-8H,3,10-11,14H2,1-2H3. The summed E-state index contributed by atoms with van der Waals surface area (Å²) in [6.07, 6.45) is 0. The lowest BCUT2D eigenvalue weighted by molar-refractivity contribution is 0.467. The Morgan fingerprint density at radius 2 is 2.00 bits per heavy atom. The van der Waals surface area contributed by atoms with E-state index in [1.165, 1.54) is 4.31 Å². The molecule has 0 saturated carbocycles. The first-order valence-corrected chi connectivity index (χ1v) is 7.33. The number of nitrogens with two attached hydrogens (primary N) is 1. The molecule has 98 valence electrons. The van der Waals surface area contributed by atoms with Crippen molar-refractivity contribution in [2.45, 2.75) is 13.5 Å². The first kappa shape index (κ1) is 14.7. The third-order valence-electron chi connectivity index (χ3n) is 2.58. The molecule has 0 aliphatic carbocycles. The average molecular weight is 266 g/mol. The van der Waals surface area contributed by atoms with Crippen LogP contribution in [-0.2, 0) is 16.6 Å². The highest BCUT2D eigenvalue weighted by molar-refractivity contribution is 7.89. The molecule has 0 amide bonds. The zero-order valence-corrected chi connectivity index (χ0v) is 11.5. The molecule has 0 aliphatic heterocycles. The summed E-state index contributed by atoms with van der Waals surface area (Å²) in [7, 11) is -1.60. The zero-order valence-electron chi connectivity index (χ0n) is 10.7. The second-order valence-electron chi connectivity index (χ2n) is 3.82. The fourth-order valence-electron chi connectivity index (χ4n) is 1.49. The van der Waals surface area contributed by atoms with E-state index in [9.17, 15) is 8.42 Å². The van der Waals surface area contributed by atoms with Crippen LogP contribution in [0, 0.1) is 11.8 Å². The van der Waals surface area contributed by atoms with E-state index in [-0.39, 0.29) is 12.3 Å². The Labute approximate surface area is 109 Å². The second kappa shape index (κ2) is 6.55. The molecule has 1 aromatic carbocycles. The monoisotopic (exact) mass is 266 g/mol. The van der Waals surface area contributed by atoms with Crippen molar-refractivity contribution in [3.8, 4) is 11.8 Å². The van der Waals surface area contributed by atoms with Gasteiger partial charge in [0.25, 0.3) is 0 Å². The molecule has 0 aliphatic rings. The first-order chi connectivity index (χ1) is 8.51. The van der Waals surface area contributed by atoms with Crippen molar-refractivity contribution in [2.75, 3.05) is 19.3 Å². The summed E-state index contributed by atoms with van der Waals surface area (Å²) < 4.78 is 24.7. The van der Waals surface area contributed by atoms with Gasteiger partial charge in [-0.2, -0.15) is 0 Å². The highest BCUT2D eigenvalue weighted by Crippen LogP contribution is 2.12. The van der Waals surface area contributed by atoms with Crippen LogP contribution in [0.2, 0.25) is 0 Å². The lowest BCUT2D eigenvalue weighted by Crippen LogP contribution is -2.28. The fourth-order valence-corrected chi connectivity index (χ4v) is 2.26. The Morgan fingerprint density at radius 3 is 2.61 bits per heavy atom. The Hall–Kier alpha value is -1.35. The van der Waals surface area contributed by atoms with Crippen LogP contribution in [0.1, 0.15) is 18.1 Å². The van der Waals surface area contributed by atoms with Gasteiger partial charge in [-0.1, -0.05) is 30.0 Å². The molecular formula is C13H18N2O2S. The molecule has 4 nitrogen and oxygen atoms in total. The molecule has 0 atom stereocenters. The van der Waals surface area contributed by atoms with Crippen molar-refractivity contribution in [1.29, 1.82) is 0 Å². The predicted octanol–water partition coefficient (Wildman–Crippen LogP) is 0.778. The van der Waals surface area contributed by atoms with Crippen LogP contribution in [0.25, 0.3) is 0 Å². The predicted molar refractivity (Wildman–Crippen MR) is 73.3 cm³/mol. The Morgan fingerprint density at radius 1 is 1.33 bits per heavy atom. The Kier molecular flexibility index (Phi) is 5.35. The highest BCUT2D eigenvalue weighted by Gasteiger charge is 2.16. The minimum atomic E-state index is -3.17. The third kappa shape index (κ3) is 3.84. The molecular weight excluding hydrogens is 248 g/mol. The highest BCUT2D eigenvalue weighted by atomic mass is 32.2. The minimum absolute atomic E-state index is 0.0974. The summed E-state index contributed by atoms with van der Waals surface area (Å²) in [5.74, 6) is 5.83. The number of benzene rings is 1. The zero-order chi connectivity index (χ0) is 13.6. The van der Waals surface area contributed by atoms with Gasteiger partial charge in [0.05, 0.1) is 12.3 Å². The quantitative estimate of drug-likeness (QED) is 0.819. The minimum Gasteiger partial charge on any atom is -0.320 e. The molecule has 1 aromatic rings. The summed E-state index contributed by atoms with van der Waals surface area (Å²) >= 11 is 0. The number of hydrogen-bond donors (Lipinski definition) is 1. The summed E-state index contributed by atoms with van der Waals surface area (Å²) in [5, 5.41) is 0. The van der Waals surface area contributed by atoms with E-state index in [1.807, 2.05) is 24.3 Å². The summed E-state index contributed by atoms with van der Waals surface area (Å²) in [5.41, 5.74) is 7.05. The van der Waals surface area contributed by atoms with Crippen molar-refractivity contribution >= 4 is 10.0 Å². The van der Waals surface area contributed by atoms with Gasteiger partial charge >= 0.3 is 0 Å². The fraction of sp³-hybridized carbons (Fsp3) is 0.385. The molecule has 0 aromatic heterocycles. The number of hydrogen-bond acceptors (Lipinski definition) is 3. The molecule has 1 rings (SSSR count). The summed E-state index contributed by atoms with van der Waals surface area (Å²) in [6, 6.07) is 7.49. The van der Waals surface area contributed by atoms with Crippen molar-refractivity contribution in [2.24, 2.45) is 5.73 Å². The van der Waals surface area contributed by atoms with Crippen LogP contribution < -0.4 is 5.73 Å². The van der Waals surface area contributed by atoms with Gasteiger partial charge in [0, 0.05) is 19.2 Å². The van der Waals surface area contributed by atoms with E-state index in [1.54, 1.807) is 14.0 Å². The lowest BCUT2D eigenvalue weighted by atomic mass is 10.1. The van der Waals surface area contributed by atoms with Gasteiger partial charge in [0.15, 0.2) is 0 Å². The molecule has 0 spiro atoms. The maximum absolute atomic E-state index is 11.7. The first-order valence-electron chi connectivity index (χ1n) is 5.72. The normalized spacial score (nSPS) is 11.1. The topological polar surface area (TPSA) is 63.4 Å². The van der Waals surface area contributed by atoms with E-state index < -0.39 is 10.0 Å². The maximum Gasteiger partial charge on any atom is 0.213 e. The Balaban J connectivity index is 2.98. The Bertz CT molecular complexity index is 556. The van der Waals surface area contributed by atoms with Gasteiger partial charge < -0.3 is 5.73 Å². The van der Waals surface area contributed by atoms with Crippen molar-refractivity contribution in [3.05, 3.63) is 35.4 Å². The third-order valence-corrected chi connectivity index (χ3v) is 4.38. The van der Waals surface area contributed by atoms with Crippen LogP contribution in [-0.4, -0.2) is 32.1 Å². The molecule has 0 radical (unpaired) electrons. The van der Waals surface area contributed by atoms with E-state index >= 15 is 0 Å². The SMILES string of the molecule is CCS(=O)(=O)N(C)Cc1ccccc1C#CCN.